The van der Waals surface area contributed by atoms with Gasteiger partial charge in [0.15, 0.2) is 9.84 Å². The fourth-order valence-corrected chi connectivity index (χ4v) is 1.72. The van der Waals surface area contributed by atoms with Crippen molar-refractivity contribution in [1.82, 2.24) is 0 Å². The Morgan fingerprint density at radius 3 is 2.64 bits per heavy atom. The number of hydrogen-bond acceptors (Lipinski definition) is 3. The average Bonchev–Trinajstić information content (AvgIpc) is 1.86. The predicted octanol–water partition coefficient (Wildman–Crippen LogP) is 0.801. The highest BCUT2D eigenvalue weighted by Crippen LogP contribution is 2.14. The molecule has 1 aliphatic carbocycles. The van der Waals surface area contributed by atoms with Crippen molar-refractivity contribution in [3.05, 3.63) is 24.0 Å². The molecule has 0 aliphatic heterocycles. The number of hydrogen-bond donors (Lipinski definition) is 1. The van der Waals surface area contributed by atoms with Crippen molar-refractivity contribution in [1.29, 1.82) is 0 Å². The summed E-state index contributed by atoms with van der Waals surface area (Å²) in [5, 5.41) is 8.41. The fraction of sp³-hybridized carbons (Fsp3) is 0.429. The van der Waals surface area contributed by atoms with E-state index < -0.39 is 15.1 Å². The Bertz CT molecular complexity index is 298. The van der Waals surface area contributed by atoms with Gasteiger partial charge in [0.1, 0.15) is 5.76 Å². The first-order chi connectivity index (χ1) is 5.00. The second-order valence-electron chi connectivity index (χ2n) is 2.59. The number of rotatable bonds is 1. The molecule has 3 nitrogen and oxygen atoms in total. The molecule has 0 amide bonds. The van der Waals surface area contributed by atoms with Crippen molar-refractivity contribution in [3.8, 4) is 0 Å². The van der Waals surface area contributed by atoms with Gasteiger partial charge in [-0.25, -0.2) is 8.42 Å². The summed E-state index contributed by atoms with van der Waals surface area (Å²) in [5.41, 5.74) is 0. The van der Waals surface area contributed by atoms with Crippen LogP contribution in [0.5, 0.6) is 0 Å². The zero-order valence-corrected chi connectivity index (χ0v) is 7.00. The Hall–Kier alpha value is -0.770. The van der Waals surface area contributed by atoms with Gasteiger partial charge < -0.3 is 5.11 Å². The molecular formula is C7H10O3S. The maximum absolute atomic E-state index is 10.9. The second kappa shape index (κ2) is 2.70. The first kappa shape index (κ1) is 8.33. The Kier molecular flexibility index (Phi) is 2.04. The molecule has 1 aliphatic rings. The van der Waals surface area contributed by atoms with Gasteiger partial charge in [-0.15, -0.1) is 0 Å². The number of allylic oxidation sites excluding steroid dienone is 2. The lowest BCUT2D eigenvalue weighted by atomic mass is 10.2. The zero-order chi connectivity index (χ0) is 8.48. The van der Waals surface area contributed by atoms with Gasteiger partial charge in [0.05, 0.1) is 5.25 Å². The minimum atomic E-state index is -2.99. The van der Waals surface area contributed by atoms with Crippen LogP contribution in [0.4, 0.5) is 0 Å². The monoisotopic (exact) mass is 174 g/mol. The van der Waals surface area contributed by atoms with Gasteiger partial charge in [0, 0.05) is 6.26 Å². The van der Waals surface area contributed by atoms with E-state index in [0.717, 1.165) is 0 Å². The minimum Gasteiger partial charge on any atom is -0.508 e. The van der Waals surface area contributed by atoms with Gasteiger partial charge in [0.25, 0.3) is 0 Å². The Morgan fingerprint density at radius 1 is 1.64 bits per heavy atom. The largest absolute Gasteiger partial charge is 0.508 e. The first-order valence-corrected chi connectivity index (χ1v) is 5.22. The molecule has 0 aromatic heterocycles. The summed E-state index contributed by atoms with van der Waals surface area (Å²) in [6.07, 6.45) is 5.99. The average molecular weight is 174 g/mol. The van der Waals surface area contributed by atoms with Crippen LogP contribution in [-0.4, -0.2) is 25.0 Å². The molecule has 0 spiro atoms. The van der Waals surface area contributed by atoms with Crippen LogP contribution >= 0.6 is 0 Å². The molecule has 0 saturated carbocycles. The number of sulfone groups is 1. The van der Waals surface area contributed by atoms with Crippen LogP contribution in [0.15, 0.2) is 24.0 Å². The standard InChI is InChI=1S/C7H10O3S/c1-11(9,10)7-4-2-6(8)3-5-7/h2-4,7-8H,5H2,1H3. The van der Waals surface area contributed by atoms with E-state index in [2.05, 4.69) is 0 Å². The molecule has 62 valence electrons. The van der Waals surface area contributed by atoms with Crippen LogP contribution < -0.4 is 0 Å². The van der Waals surface area contributed by atoms with E-state index in [1.165, 1.54) is 24.5 Å². The normalized spacial score (nSPS) is 24.8. The molecule has 4 heteroatoms. The summed E-state index contributed by atoms with van der Waals surface area (Å²) < 4.78 is 21.9. The Morgan fingerprint density at radius 2 is 2.27 bits per heavy atom. The van der Waals surface area contributed by atoms with Gasteiger partial charge in [-0.1, -0.05) is 6.08 Å². The quantitative estimate of drug-likeness (QED) is 0.639. The van der Waals surface area contributed by atoms with E-state index in [1.807, 2.05) is 0 Å². The molecule has 0 bridgehead atoms. The third kappa shape index (κ3) is 2.08. The van der Waals surface area contributed by atoms with E-state index in [0.29, 0.717) is 6.42 Å². The van der Waals surface area contributed by atoms with E-state index >= 15 is 0 Å². The smallest absolute Gasteiger partial charge is 0.154 e. The van der Waals surface area contributed by atoms with Crippen molar-refractivity contribution >= 4 is 9.84 Å². The molecule has 0 aromatic rings. The zero-order valence-electron chi connectivity index (χ0n) is 6.19. The lowest BCUT2D eigenvalue weighted by Gasteiger charge is -2.10. The van der Waals surface area contributed by atoms with Gasteiger partial charge in [0.2, 0.25) is 0 Å². The predicted molar refractivity (Wildman–Crippen MR) is 43.1 cm³/mol. The van der Waals surface area contributed by atoms with Crippen molar-refractivity contribution < 1.29 is 13.5 Å². The summed E-state index contributed by atoms with van der Waals surface area (Å²) >= 11 is 0. The van der Waals surface area contributed by atoms with Crippen LogP contribution in [0.2, 0.25) is 0 Å². The molecule has 0 saturated heterocycles. The van der Waals surface area contributed by atoms with E-state index in [1.54, 1.807) is 0 Å². The molecule has 1 unspecified atom stereocenters. The summed E-state index contributed by atoms with van der Waals surface area (Å²) in [7, 11) is -2.99. The Labute approximate surface area is 66.0 Å². The van der Waals surface area contributed by atoms with Gasteiger partial charge in [-0.2, -0.15) is 0 Å². The lowest BCUT2D eigenvalue weighted by molar-refractivity contribution is 0.427. The van der Waals surface area contributed by atoms with Crippen LogP contribution in [0.1, 0.15) is 6.42 Å². The minimum absolute atomic E-state index is 0.143. The van der Waals surface area contributed by atoms with Gasteiger partial charge in [-0.05, 0) is 18.6 Å². The number of aliphatic hydroxyl groups excluding tert-OH is 1. The second-order valence-corrected chi connectivity index (χ2v) is 4.86. The molecule has 1 atom stereocenters. The van der Waals surface area contributed by atoms with Crippen LogP contribution in [0.3, 0.4) is 0 Å². The molecule has 1 rings (SSSR count). The molecule has 0 heterocycles. The van der Waals surface area contributed by atoms with Gasteiger partial charge in [-0.3, -0.25) is 0 Å². The van der Waals surface area contributed by atoms with Crippen LogP contribution in [0.25, 0.3) is 0 Å². The molecule has 0 aromatic carbocycles. The topological polar surface area (TPSA) is 54.4 Å². The lowest BCUT2D eigenvalue weighted by Crippen LogP contribution is -2.18. The van der Waals surface area contributed by atoms with E-state index in [-0.39, 0.29) is 5.76 Å². The third-order valence-corrected chi connectivity index (χ3v) is 3.04. The van der Waals surface area contributed by atoms with Crippen molar-refractivity contribution in [2.75, 3.05) is 6.26 Å². The van der Waals surface area contributed by atoms with Crippen LogP contribution in [0, 0.1) is 0 Å². The molecular weight excluding hydrogens is 164 g/mol. The maximum atomic E-state index is 10.9. The third-order valence-electron chi connectivity index (χ3n) is 1.59. The van der Waals surface area contributed by atoms with Crippen LogP contribution in [-0.2, 0) is 9.84 Å². The summed E-state index contributed by atoms with van der Waals surface area (Å²) in [6, 6.07) is 0. The van der Waals surface area contributed by atoms with E-state index in [4.69, 9.17) is 5.11 Å². The summed E-state index contributed by atoms with van der Waals surface area (Å²) in [4.78, 5) is 0. The fourth-order valence-electron chi connectivity index (χ4n) is 0.907. The highest BCUT2D eigenvalue weighted by Gasteiger charge is 2.18. The van der Waals surface area contributed by atoms with Crippen molar-refractivity contribution in [2.45, 2.75) is 11.7 Å². The Balaban J connectivity index is 2.79. The molecule has 0 radical (unpaired) electrons. The molecule has 11 heavy (non-hydrogen) atoms. The maximum Gasteiger partial charge on any atom is 0.154 e. The molecule has 0 fully saturated rings. The summed E-state index contributed by atoms with van der Waals surface area (Å²) in [6.45, 7) is 0. The van der Waals surface area contributed by atoms with Gasteiger partial charge >= 0.3 is 0 Å². The van der Waals surface area contributed by atoms with Crippen molar-refractivity contribution in [3.63, 3.8) is 0 Å². The van der Waals surface area contributed by atoms with E-state index in [9.17, 15) is 8.42 Å². The highest BCUT2D eigenvalue weighted by atomic mass is 32.2. The summed E-state index contributed by atoms with van der Waals surface area (Å²) in [5.74, 6) is 0.143. The first-order valence-electron chi connectivity index (χ1n) is 3.26. The highest BCUT2D eigenvalue weighted by molar-refractivity contribution is 7.91. The molecule has 1 N–H and O–H groups in total. The SMILES string of the molecule is CS(=O)(=O)C1C=CC(O)=CC1. The van der Waals surface area contributed by atoms with Crippen molar-refractivity contribution in [2.24, 2.45) is 0 Å². The number of aliphatic hydroxyl groups is 1.